The zero-order valence-electron chi connectivity index (χ0n) is 10.5. The lowest BCUT2D eigenvalue weighted by molar-refractivity contribution is 0.481. The average molecular weight is 267 g/mol. The van der Waals surface area contributed by atoms with Gasteiger partial charge < -0.3 is 0 Å². The third-order valence-electron chi connectivity index (χ3n) is 2.85. The summed E-state index contributed by atoms with van der Waals surface area (Å²) in [6.07, 6.45) is 2.33. The van der Waals surface area contributed by atoms with Gasteiger partial charge in [0.05, 0.1) is 5.69 Å². The van der Waals surface area contributed by atoms with Crippen LogP contribution >= 0.6 is 0 Å². The Hall–Kier alpha value is -1.86. The lowest BCUT2D eigenvalue weighted by atomic mass is 10.0. The van der Waals surface area contributed by atoms with Crippen molar-refractivity contribution >= 4 is 0 Å². The number of aromatic nitrogens is 3. The van der Waals surface area contributed by atoms with E-state index in [-0.39, 0.29) is 18.0 Å². The molecular weight excluding hydrogens is 252 g/mol. The number of hydrogen-bond donors (Lipinski definition) is 2. The molecule has 1 unspecified atom stereocenters. The molecule has 0 saturated heterocycles. The first-order valence-corrected chi connectivity index (χ1v) is 5.84. The Kier molecular flexibility index (Phi) is 4.18. The van der Waals surface area contributed by atoms with Gasteiger partial charge in [-0.15, -0.1) is 5.10 Å². The summed E-state index contributed by atoms with van der Waals surface area (Å²) in [6, 6.07) is 3.48. The maximum absolute atomic E-state index is 13.5. The van der Waals surface area contributed by atoms with Gasteiger partial charge in [-0.2, -0.15) is 0 Å². The maximum Gasteiger partial charge on any atom is 0.129 e. The Labute approximate surface area is 109 Å². The van der Waals surface area contributed by atoms with Crippen molar-refractivity contribution in [3.63, 3.8) is 0 Å². The van der Waals surface area contributed by atoms with E-state index in [1.54, 1.807) is 17.9 Å². The van der Waals surface area contributed by atoms with Gasteiger partial charge in [-0.1, -0.05) is 11.3 Å². The van der Waals surface area contributed by atoms with E-state index in [2.05, 4.69) is 15.7 Å². The van der Waals surface area contributed by atoms with Gasteiger partial charge in [-0.3, -0.25) is 16.0 Å². The van der Waals surface area contributed by atoms with Crippen molar-refractivity contribution in [2.45, 2.75) is 18.9 Å². The lowest BCUT2D eigenvalue weighted by Gasteiger charge is -2.15. The molecule has 2 aromatic rings. The van der Waals surface area contributed by atoms with Gasteiger partial charge in [0, 0.05) is 31.3 Å². The molecule has 3 N–H and O–H groups in total. The van der Waals surface area contributed by atoms with Crippen LogP contribution in [-0.2, 0) is 19.9 Å². The number of halogens is 2. The van der Waals surface area contributed by atoms with Crippen molar-refractivity contribution < 1.29 is 8.78 Å². The molecule has 1 atom stereocenters. The summed E-state index contributed by atoms with van der Waals surface area (Å²) in [5.74, 6) is 4.29. The molecule has 0 saturated carbocycles. The van der Waals surface area contributed by atoms with E-state index in [4.69, 9.17) is 5.84 Å². The van der Waals surface area contributed by atoms with Crippen LogP contribution in [0.2, 0.25) is 0 Å². The minimum Gasteiger partial charge on any atom is -0.271 e. The van der Waals surface area contributed by atoms with Crippen molar-refractivity contribution in [1.82, 2.24) is 20.4 Å². The number of nitrogens with two attached hydrogens (primary N) is 1. The molecule has 0 amide bonds. The van der Waals surface area contributed by atoms with Crippen LogP contribution in [-0.4, -0.2) is 21.0 Å². The Bertz CT molecular complexity index is 535. The summed E-state index contributed by atoms with van der Waals surface area (Å²) >= 11 is 0. The Morgan fingerprint density at radius 1 is 1.32 bits per heavy atom. The standard InChI is InChI=1S/C12H15F2N5/c1-19-7-9(17-18-19)5-8(16-15)6-10-11(13)3-2-4-12(10)14/h2-4,7-8,16H,5-6,15H2,1H3. The summed E-state index contributed by atoms with van der Waals surface area (Å²) in [5, 5.41) is 7.72. The average Bonchev–Trinajstić information content (AvgIpc) is 2.78. The van der Waals surface area contributed by atoms with E-state index in [1.807, 2.05) is 0 Å². The fourth-order valence-electron chi connectivity index (χ4n) is 1.91. The zero-order chi connectivity index (χ0) is 13.8. The Morgan fingerprint density at radius 3 is 2.53 bits per heavy atom. The Morgan fingerprint density at radius 2 is 2.00 bits per heavy atom. The van der Waals surface area contributed by atoms with Crippen LogP contribution in [0.1, 0.15) is 11.3 Å². The van der Waals surface area contributed by atoms with Gasteiger partial charge in [-0.05, 0) is 18.6 Å². The summed E-state index contributed by atoms with van der Waals surface area (Å²) in [4.78, 5) is 0. The van der Waals surface area contributed by atoms with Crippen molar-refractivity contribution in [3.8, 4) is 0 Å². The molecule has 0 spiro atoms. The topological polar surface area (TPSA) is 68.8 Å². The quantitative estimate of drug-likeness (QED) is 0.618. The molecule has 2 rings (SSSR count). The molecule has 0 aliphatic rings. The maximum atomic E-state index is 13.5. The van der Waals surface area contributed by atoms with Gasteiger partial charge in [0.25, 0.3) is 0 Å². The minimum absolute atomic E-state index is 0.0225. The molecule has 102 valence electrons. The lowest BCUT2D eigenvalue weighted by Crippen LogP contribution is -2.39. The second kappa shape index (κ2) is 5.85. The van der Waals surface area contributed by atoms with Crippen molar-refractivity contribution in [1.29, 1.82) is 0 Å². The molecule has 7 heteroatoms. The zero-order valence-corrected chi connectivity index (χ0v) is 10.5. The highest BCUT2D eigenvalue weighted by Crippen LogP contribution is 2.15. The molecule has 1 heterocycles. The van der Waals surface area contributed by atoms with Crippen molar-refractivity contribution in [2.75, 3.05) is 0 Å². The third-order valence-corrected chi connectivity index (χ3v) is 2.85. The Balaban J connectivity index is 2.11. The van der Waals surface area contributed by atoms with Crippen LogP contribution in [0.15, 0.2) is 24.4 Å². The van der Waals surface area contributed by atoms with Crippen LogP contribution < -0.4 is 11.3 Å². The van der Waals surface area contributed by atoms with Gasteiger partial charge >= 0.3 is 0 Å². The van der Waals surface area contributed by atoms with Crippen LogP contribution in [0.3, 0.4) is 0 Å². The number of hydrazine groups is 1. The van der Waals surface area contributed by atoms with Crippen LogP contribution in [0, 0.1) is 11.6 Å². The molecule has 1 aromatic heterocycles. The van der Waals surface area contributed by atoms with Crippen LogP contribution in [0.25, 0.3) is 0 Å². The van der Waals surface area contributed by atoms with Crippen LogP contribution in [0.4, 0.5) is 8.78 Å². The first-order valence-electron chi connectivity index (χ1n) is 5.84. The van der Waals surface area contributed by atoms with Gasteiger partial charge in [-0.25, -0.2) is 8.78 Å². The van der Waals surface area contributed by atoms with Crippen LogP contribution in [0.5, 0.6) is 0 Å². The van der Waals surface area contributed by atoms with Crippen molar-refractivity contribution in [3.05, 3.63) is 47.3 Å². The predicted octanol–water partition coefficient (Wildman–Crippen LogP) is 0.710. The van der Waals surface area contributed by atoms with Gasteiger partial charge in [0.1, 0.15) is 11.6 Å². The fraction of sp³-hybridized carbons (Fsp3) is 0.333. The van der Waals surface area contributed by atoms with Gasteiger partial charge in [0.15, 0.2) is 0 Å². The summed E-state index contributed by atoms with van der Waals surface area (Å²) in [7, 11) is 1.75. The summed E-state index contributed by atoms with van der Waals surface area (Å²) < 4.78 is 28.7. The largest absolute Gasteiger partial charge is 0.271 e. The van der Waals surface area contributed by atoms with E-state index in [9.17, 15) is 8.78 Å². The molecule has 0 aliphatic heterocycles. The molecule has 0 bridgehead atoms. The second-order valence-electron chi connectivity index (χ2n) is 4.36. The number of aryl methyl sites for hydroxylation is 1. The normalized spacial score (nSPS) is 12.6. The molecule has 19 heavy (non-hydrogen) atoms. The summed E-state index contributed by atoms with van der Waals surface area (Å²) in [5.41, 5.74) is 3.29. The number of hydrogen-bond acceptors (Lipinski definition) is 4. The third kappa shape index (κ3) is 3.33. The van der Waals surface area contributed by atoms with E-state index >= 15 is 0 Å². The number of nitrogens with zero attached hydrogens (tertiary/aromatic N) is 3. The molecule has 0 radical (unpaired) electrons. The second-order valence-corrected chi connectivity index (χ2v) is 4.36. The van der Waals surface area contributed by atoms with E-state index in [0.29, 0.717) is 12.1 Å². The smallest absolute Gasteiger partial charge is 0.129 e. The molecule has 1 aromatic carbocycles. The summed E-state index contributed by atoms with van der Waals surface area (Å²) in [6.45, 7) is 0. The van der Waals surface area contributed by atoms with E-state index in [1.165, 1.54) is 18.2 Å². The molecule has 0 fully saturated rings. The highest BCUT2D eigenvalue weighted by molar-refractivity contribution is 5.21. The monoisotopic (exact) mass is 267 g/mol. The van der Waals surface area contributed by atoms with Crippen molar-refractivity contribution in [2.24, 2.45) is 12.9 Å². The van der Waals surface area contributed by atoms with E-state index in [0.717, 1.165) is 0 Å². The first-order chi connectivity index (χ1) is 9.10. The van der Waals surface area contributed by atoms with Gasteiger partial charge in [0.2, 0.25) is 0 Å². The first kappa shape index (κ1) is 13.6. The molecular formula is C12H15F2N5. The minimum atomic E-state index is -0.570. The SMILES string of the molecule is Cn1cc(CC(Cc2c(F)cccc2F)NN)nn1. The number of nitrogens with one attached hydrogen (secondary N) is 1. The number of benzene rings is 1. The molecule has 5 nitrogen and oxygen atoms in total. The van der Waals surface area contributed by atoms with E-state index < -0.39 is 11.6 Å². The highest BCUT2D eigenvalue weighted by atomic mass is 19.1. The fourth-order valence-corrected chi connectivity index (χ4v) is 1.91. The number of rotatable bonds is 5. The molecule has 0 aliphatic carbocycles. The predicted molar refractivity (Wildman–Crippen MR) is 65.9 cm³/mol. The highest BCUT2D eigenvalue weighted by Gasteiger charge is 2.16.